The van der Waals surface area contributed by atoms with Crippen LogP contribution in [0.2, 0.25) is 0 Å². The molecule has 2 rings (SSSR count). The summed E-state index contributed by atoms with van der Waals surface area (Å²) in [5, 5.41) is 6.24. The van der Waals surface area contributed by atoms with Crippen LogP contribution in [0.15, 0.2) is 18.2 Å². The summed E-state index contributed by atoms with van der Waals surface area (Å²) in [6.07, 6.45) is 2.08. The molecular weight excluding hydrogens is 191 g/mol. The van der Waals surface area contributed by atoms with E-state index in [-0.39, 0.29) is 5.82 Å². The van der Waals surface area contributed by atoms with E-state index in [4.69, 9.17) is 0 Å². The van der Waals surface area contributed by atoms with Gasteiger partial charge in [-0.2, -0.15) is 0 Å². The lowest BCUT2D eigenvalue weighted by Crippen LogP contribution is -2.27. The molecule has 0 amide bonds. The van der Waals surface area contributed by atoms with Crippen molar-refractivity contribution in [3.8, 4) is 0 Å². The lowest BCUT2D eigenvalue weighted by molar-refractivity contribution is 0.445. The fraction of sp³-hybridized carbons (Fsp3) is 0.500. The van der Waals surface area contributed by atoms with E-state index in [9.17, 15) is 4.39 Å². The van der Waals surface area contributed by atoms with E-state index in [1.165, 1.54) is 0 Å². The van der Waals surface area contributed by atoms with Gasteiger partial charge in [0.1, 0.15) is 5.82 Å². The van der Waals surface area contributed by atoms with Crippen LogP contribution in [0.25, 0.3) is 0 Å². The highest BCUT2D eigenvalue weighted by atomic mass is 19.1. The number of nitrogens with one attached hydrogen (secondary N) is 2. The Morgan fingerprint density at radius 1 is 1.33 bits per heavy atom. The molecule has 2 N–H and O–H groups in total. The molecule has 15 heavy (non-hydrogen) atoms. The molecule has 0 aromatic heterocycles. The summed E-state index contributed by atoms with van der Waals surface area (Å²) < 4.78 is 13.8. The Labute approximate surface area is 89.9 Å². The van der Waals surface area contributed by atoms with Crippen LogP contribution >= 0.6 is 0 Å². The van der Waals surface area contributed by atoms with Crippen molar-refractivity contribution in [3.05, 3.63) is 29.6 Å². The van der Waals surface area contributed by atoms with Crippen molar-refractivity contribution in [2.75, 3.05) is 25.5 Å². The SMILES string of the molecule is CNc1ccc(C2CCNCC2)c(F)c1. The molecule has 0 atom stereocenters. The Morgan fingerprint density at radius 2 is 2.07 bits per heavy atom. The van der Waals surface area contributed by atoms with E-state index in [1.54, 1.807) is 13.1 Å². The van der Waals surface area contributed by atoms with Crippen molar-refractivity contribution in [1.82, 2.24) is 5.32 Å². The van der Waals surface area contributed by atoms with Gasteiger partial charge in [-0.1, -0.05) is 6.07 Å². The number of hydrogen-bond donors (Lipinski definition) is 2. The number of hydrogen-bond acceptors (Lipinski definition) is 2. The predicted octanol–water partition coefficient (Wildman–Crippen LogP) is 2.33. The van der Waals surface area contributed by atoms with Crippen LogP contribution in [0.3, 0.4) is 0 Å². The summed E-state index contributed by atoms with van der Waals surface area (Å²) in [7, 11) is 1.80. The van der Waals surface area contributed by atoms with Gasteiger partial charge in [0.25, 0.3) is 0 Å². The zero-order valence-electron chi connectivity index (χ0n) is 9.02. The topological polar surface area (TPSA) is 24.1 Å². The van der Waals surface area contributed by atoms with E-state index in [0.29, 0.717) is 5.92 Å². The van der Waals surface area contributed by atoms with Gasteiger partial charge in [-0.05, 0) is 49.5 Å². The molecule has 1 saturated heterocycles. The van der Waals surface area contributed by atoms with Crippen LogP contribution in [-0.4, -0.2) is 20.1 Å². The first-order valence-corrected chi connectivity index (χ1v) is 5.49. The first-order chi connectivity index (χ1) is 7.31. The van der Waals surface area contributed by atoms with Crippen LogP contribution in [0.5, 0.6) is 0 Å². The summed E-state index contributed by atoms with van der Waals surface area (Å²) in [4.78, 5) is 0. The highest BCUT2D eigenvalue weighted by Crippen LogP contribution is 2.28. The minimum atomic E-state index is -0.0752. The monoisotopic (exact) mass is 208 g/mol. The molecule has 1 fully saturated rings. The summed E-state index contributed by atoms with van der Waals surface area (Å²) in [5.41, 5.74) is 1.71. The molecule has 1 aliphatic rings. The molecule has 0 radical (unpaired) electrons. The second-order valence-electron chi connectivity index (χ2n) is 4.01. The Bertz CT molecular complexity index is 332. The molecule has 0 bridgehead atoms. The fourth-order valence-electron chi connectivity index (χ4n) is 2.15. The van der Waals surface area contributed by atoms with Gasteiger partial charge in [0.15, 0.2) is 0 Å². The second-order valence-corrected chi connectivity index (χ2v) is 4.01. The smallest absolute Gasteiger partial charge is 0.128 e. The Kier molecular flexibility index (Phi) is 3.21. The summed E-state index contributed by atoms with van der Waals surface area (Å²) in [6.45, 7) is 2.00. The maximum absolute atomic E-state index is 13.8. The molecule has 1 aliphatic heterocycles. The minimum absolute atomic E-state index is 0.0752. The van der Waals surface area contributed by atoms with E-state index in [1.807, 2.05) is 12.1 Å². The number of halogens is 1. The number of piperidine rings is 1. The quantitative estimate of drug-likeness (QED) is 0.779. The molecule has 0 unspecified atom stereocenters. The zero-order valence-corrected chi connectivity index (χ0v) is 9.02. The first-order valence-electron chi connectivity index (χ1n) is 5.49. The van der Waals surface area contributed by atoms with Crippen molar-refractivity contribution in [2.45, 2.75) is 18.8 Å². The molecular formula is C12H17FN2. The minimum Gasteiger partial charge on any atom is -0.388 e. The number of rotatable bonds is 2. The molecule has 2 nitrogen and oxygen atoms in total. The summed E-state index contributed by atoms with van der Waals surface area (Å²) in [6, 6.07) is 5.44. The molecule has 0 spiro atoms. The lowest BCUT2D eigenvalue weighted by Gasteiger charge is -2.23. The van der Waals surface area contributed by atoms with Crippen LogP contribution in [0.1, 0.15) is 24.3 Å². The third kappa shape index (κ3) is 2.29. The number of benzene rings is 1. The molecule has 1 heterocycles. The van der Waals surface area contributed by atoms with Crippen molar-refractivity contribution < 1.29 is 4.39 Å². The average molecular weight is 208 g/mol. The van der Waals surface area contributed by atoms with Gasteiger partial charge in [0, 0.05) is 12.7 Å². The van der Waals surface area contributed by atoms with Gasteiger partial charge in [0.05, 0.1) is 0 Å². The highest BCUT2D eigenvalue weighted by Gasteiger charge is 2.18. The van der Waals surface area contributed by atoms with Gasteiger partial charge in [-0.25, -0.2) is 4.39 Å². The van der Waals surface area contributed by atoms with Gasteiger partial charge in [-0.15, -0.1) is 0 Å². The Morgan fingerprint density at radius 3 is 2.67 bits per heavy atom. The molecule has 1 aromatic rings. The number of anilines is 1. The Hall–Kier alpha value is -1.09. The van der Waals surface area contributed by atoms with Crippen molar-refractivity contribution in [2.24, 2.45) is 0 Å². The van der Waals surface area contributed by atoms with Crippen LogP contribution in [0, 0.1) is 5.82 Å². The third-order valence-corrected chi connectivity index (χ3v) is 3.07. The van der Waals surface area contributed by atoms with Crippen molar-refractivity contribution in [1.29, 1.82) is 0 Å². The zero-order chi connectivity index (χ0) is 10.7. The summed E-state index contributed by atoms with van der Waals surface area (Å²) in [5.74, 6) is 0.311. The lowest BCUT2D eigenvalue weighted by atomic mass is 9.90. The average Bonchev–Trinajstić information content (AvgIpc) is 2.30. The van der Waals surface area contributed by atoms with E-state index in [0.717, 1.165) is 37.2 Å². The van der Waals surface area contributed by atoms with E-state index in [2.05, 4.69) is 10.6 Å². The van der Waals surface area contributed by atoms with E-state index < -0.39 is 0 Å². The van der Waals surface area contributed by atoms with Gasteiger partial charge in [-0.3, -0.25) is 0 Å². The molecule has 3 heteroatoms. The van der Waals surface area contributed by atoms with Crippen LogP contribution in [0.4, 0.5) is 10.1 Å². The van der Waals surface area contributed by atoms with Crippen molar-refractivity contribution >= 4 is 5.69 Å². The Balaban J connectivity index is 2.19. The maximum Gasteiger partial charge on any atom is 0.128 e. The first kappa shape index (κ1) is 10.4. The van der Waals surface area contributed by atoms with Crippen molar-refractivity contribution in [3.63, 3.8) is 0 Å². The second kappa shape index (κ2) is 4.62. The standard InChI is InChI=1S/C12H17FN2/c1-14-10-2-3-11(12(13)8-10)9-4-6-15-7-5-9/h2-3,8-9,14-15H,4-7H2,1H3. The molecule has 0 aliphatic carbocycles. The summed E-state index contributed by atoms with van der Waals surface area (Å²) >= 11 is 0. The molecule has 1 aromatic carbocycles. The maximum atomic E-state index is 13.8. The highest BCUT2D eigenvalue weighted by molar-refractivity contribution is 5.45. The van der Waals surface area contributed by atoms with E-state index >= 15 is 0 Å². The third-order valence-electron chi connectivity index (χ3n) is 3.07. The van der Waals surface area contributed by atoms with Gasteiger partial charge in [0.2, 0.25) is 0 Å². The van der Waals surface area contributed by atoms with Crippen LogP contribution < -0.4 is 10.6 Å². The normalized spacial score (nSPS) is 17.7. The van der Waals surface area contributed by atoms with Crippen LogP contribution in [-0.2, 0) is 0 Å². The molecule has 0 saturated carbocycles. The predicted molar refractivity (Wildman–Crippen MR) is 60.8 cm³/mol. The van der Waals surface area contributed by atoms with Gasteiger partial charge < -0.3 is 10.6 Å². The largest absolute Gasteiger partial charge is 0.388 e. The molecule has 82 valence electrons. The fourth-order valence-corrected chi connectivity index (χ4v) is 2.15. The van der Waals surface area contributed by atoms with Gasteiger partial charge >= 0.3 is 0 Å².